The van der Waals surface area contributed by atoms with E-state index in [-0.39, 0.29) is 11.8 Å². The summed E-state index contributed by atoms with van der Waals surface area (Å²) in [5, 5.41) is 8.87. The Morgan fingerprint density at radius 1 is 1.33 bits per heavy atom. The largest absolute Gasteiger partial charge is 0.342 e. The molecule has 3 rings (SSSR count). The van der Waals surface area contributed by atoms with Gasteiger partial charge in [0.2, 0.25) is 5.91 Å². The van der Waals surface area contributed by atoms with E-state index in [4.69, 9.17) is 0 Å². The zero-order valence-corrected chi connectivity index (χ0v) is 11.4. The zero-order valence-electron chi connectivity index (χ0n) is 11.4. The number of amides is 4. The highest BCUT2D eigenvalue weighted by Crippen LogP contribution is 2.25. The van der Waals surface area contributed by atoms with Crippen LogP contribution in [0.15, 0.2) is 12.7 Å². The summed E-state index contributed by atoms with van der Waals surface area (Å²) in [5.41, 5.74) is -0.834. The molecule has 9 heteroatoms. The Balaban J connectivity index is 1.52. The molecular weight excluding hydrogens is 276 g/mol. The van der Waals surface area contributed by atoms with Crippen LogP contribution in [0, 0.1) is 0 Å². The highest BCUT2D eigenvalue weighted by Gasteiger charge is 2.48. The first kappa shape index (κ1) is 13.5. The Kier molecular flexibility index (Phi) is 3.32. The van der Waals surface area contributed by atoms with Crippen molar-refractivity contribution in [2.75, 3.05) is 13.1 Å². The number of piperidine rings is 1. The van der Waals surface area contributed by atoms with Crippen LogP contribution in [0.2, 0.25) is 0 Å². The smallest absolute Gasteiger partial charge is 0.322 e. The molecule has 0 radical (unpaired) electrons. The monoisotopic (exact) mass is 292 g/mol. The predicted molar refractivity (Wildman–Crippen MR) is 69.9 cm³/mol. The van der Waals surface area contributed by atoms with Crippen molar-refractivity contribution in [1.29, 1.82) is 0 Å². The van der Waals surface area contributed by atoms with Crippen LogP contribution >= 0.6 is 0 Å². The van der Waals surface area contributed by atoms with Crippen molar-refractivity contribution in [3.8, 4) is 0 Å². The van der Waals surface area contributed by atoms with Crippen LogP contribution in [0.4, 0.5) is 4.79 Å². The lowest BCUT2D eigenvalue weighted by Gasteiger charge is -2.37. The molecule has 1 spiro atoms. The highest BCUT2D eigenvalue weighted by atomic mass is 16.2. The number of aromatic nitrogens is 3. The van der Waals surface area contributed by atoms with Crippen LogP contribution in [0.3, 0.4) is 0 Å². The Labute approximate surface area is 120 Å². The molecule has 0 bridgehead atoms. The van der Waals surface area contributed by atoms with Gasteiger partial charge in [0.15, 0.2) is 0 Å². The molecule has 112 valence electrons. The molecule has 2 saturated heterocycles. The Hall–Kier alpha value is -2.45. The maximum absolute atomic E-state index is 12.1. The average molecular weight is 292 g/mol. The van der Waals surface area contributed by atoms with Gasteiger partial charge in [0.05, 0.1) is 6.54 Å². The lowest BCUT2D eigenvalue weighted by Crippen LogP contribution is -2.55. The third kappa shape index (κ3) is 2.58. The molecule has 0 unspecified atom stereocenters. The van der Waals surface area contributed by atoms with Gasteiger partial charge in [0, 0.05) is 19.5 Å². The van der Waals surface area contributed by atoms with Gasteiger partial charge >= 0.3 is 6.03 Å². The van der Waals surface area contributed by atoms with E-state index in [1.165, 1.54) is 6.33 Å². The zero-order chi connectivity index (χ0) is 14.9. The standard InChI is InChI=1S/C12H16N6O3/c19-9(1-4-18-8-13-7-14-18)17-5-2-12(3-6-17)10(20)15-11(21)16-12/h7-8H,1-6H2,(H2,15,16,20,21). The third-order valence-electron chi connectivity index (χ3n) is 4.01. The number of aryl methyl sites for hydroxylation is 1. The summed E-state index contributed by atoms with van der Waals surface area (Å²) in [7, 11) is 0. The van der Waals surface area contributed by atoms with Crippen molar-refractivity contribution in [1.82, 2.24) is 30.3 Å². The van der Waals surface area contributed by atoms with E-state index in [9.17, 15) is 14.4 Å². The second-order valence-electron chi connectivity index (χ2n) is 5.28. The van der Waals surface area contributed by atoms with E-state index < -0.39 is 11.6 Å². The third-order valence-corrected chi connectivity index (χ3v) is 4.01. The topological polar surface area (TPSA) is 109 Å². The van der Waals surface area contributed by atoms with Gasteiger partial charge in [-0.1, -0.05) is 0 Å². The van der Waals surface area contributed by atoms with Crippen molar-refractivity contribution in [3.63, 3.8) is 0 Å². The van der Waals surface area contributed by atoms with E-state index in [0.717, 1.165) is 0 Å². The van der Waals surface area contributed by atoms with E-state index in [1.807, 2.05) is 0 Å². The summed E-state index contributed by atoms with van der Waals surface area (Å²) in [6.45, 7) is 1.41. The minimum atomic E-state index is -0.834. The fourth-order valence-corrected chi connectivity index (χ4v) is 2.73. The van der Waals surface area contributed by atoms with E-state index >= 15 is 0 Å². The maximum atomic E-state index is 12.1. The first-order valence-corrected chi connectivity index (χ1v) is 6.83. The van der Waals surface area contributed by atoms with Crippen molar-refractivity contribution >= 4 is 17.8 Å². The van der Waals surface area contributed by atoms with Crippen LogP contribution in [-0.2, 0) is 16.1 Å². The molecule has 0 atom stereocenters. The van der Waals surface area contributed by atoms with E-state index in [2.05, 4.69) is 20.7 Å². The van der Waals surface area contributed by atoms with Gasteiger partial charge in [-0.15, -0.1) is 0 Å². The van der Waals surface area contributed by atoms with Crippen molar-refractivity contribution in [2.24, 2.45) is 0 Å². The number of nitrogens with zero attached hydrogens (tertiary/aromatic N) is 4. The molecule has 3 heterocycles. The van der Waals surface area contributed by atoms with Crippen LogP contribution < -0.4 is 10.6 Å². The lowest BCUT2D eigenvalue weighted by molar-refractivity contribution is -0.136. The van der Waals surface area contributed by atoms with Crippen molar-refractivity contribution < 1.29 is 14.4 Å². The molecule has 9 nitrogen and oxygen atoms in total. The second kappa shape index (κ2) is 5.15. The van der Waals surface area contributed by atoms with Gasteiger partial charge in [-0.05, 0) is 12.8 Å². The average Bonchev–Trinajstić information content (AvgIpc) is 3.06. The summed E-state index contributed by atoms with van der Waals surface area (Å²) in [4.78, 5) is 40.7. The molecule has 2 aliphatic heterocycles. The van der Waals surface area contributed by atoms with Gasteiger partial charge in [0.1, 0.15) is 18.2 Å². The lowest BCUT2D eigenvalue weighted by atomic mass is 9.87. The number of urea groups is 1. The fraction of sp³-hybridized carbons (Fsp3) is 0.583. The molecule has 2 N–H and O–H groups in total. The van der Waals surface area contributed by atoms with E-state index in [1.54, 1.807) is 15.9 Å². The first-order chi connectivity index (χ1) is 10.1. The van der Waals surface area contributed by atoms with Crippen LogP contribution in [0.1, 0.15) is 19.3 Å². The minimum absolute atomic E-state index is 0.0186. The summed E-state index contributed by atoms with van der Waals surface area (Å²) in [5.74, 6) is -0.271. The van der Waals surface area contributed by atoms with Gasteiger partial charge in [0.25, 0.3) is 5.91 Å². The van der Waals surface area contributed by atoms with Crippen LogP contribution in [0.25, 0.3) is 0 Å². The quantitative estimate of drug-likeness (QED) is 0.685. The summed E-state index contributed by atoms with van der Waals surface area (Å²) >= 11 is 0. The number of hydrogen-bond donors (Lipinski definition) is 2. The maximum Gasteiger partial charge on any atom is 0.322 e. The Morgan fingerprint density at radius 3 is 2.67 bits per heavy atom. The molecule has 1 aromatic heterocycles. The van der Waals surface area contributed by atoms with Crippen molar-refractivity contribution in [2.45, 2.75) is 31.3 Å². The number of imide groups is 1. The Bertz CT molecular complexity index is 562. The molecule has 2 fully saturated rings. The number of carbonyl (C=O) groups excluding carboxylic acids is 3. The summed E-state index contributed by atoms with van der Waals surface area (Å²) < 4.78 is 1.61. The van der Waals surface area contributed by atoms with Gasteiger partial charge in [-0.25, -0.2) is 9.78 Å². The molecular formula is C12H16N6O3. The number of rotatable bonds is 3. The first-order valence-electron chi connectivity index (χ1n) is 6.83. The molecule has 0 aliphatic carbocycles. The SMILES string of the molecule is O=C1NC(=O)C2(CCN(C(=O)CCn3cncn3)CC2)N1. The Morgan fingerprint density at radius 2 is 2.10 bits per heavy atom. The highest BCUT2D eigenvalue weighted by molar-refractivity contribution is 6.07. The van der Waals surface area contributed by atoms with E-state index in [0.29, 0.717) is 38.9 Å². The molecule has 1 aromatic rings. The molecule has 2 aliphatic rings. The van der Waals surface area contributed by atoms with Crippen LogP contribution in [-0.4, -0.2) is 56.1 Å². The number of likely N-dealkylation sites (tertiary alicyclic amines) is 1. The molecule has 0 aromatic carbocycles. The minimum Gasteiger partial charge on any atom is -0.342 e. The van der Waals surface area contributed by atoms with Gasteiger partial charge in [-0.2, -0.15) is 5.10 Å². The van der Waals surface area contributed by atoms with Gasteiger partial charge < -0.3 is 10.2 Å². The number of nitrogens with one attached hydrogen (secondary N) is 2. The molecule has 21 heavy (non-hydrogen) atoms. The van der Waals surface area contributed by atoms with Gasteiger partial charge in [-0.3, -0.25) is 19.6 Å². The van der Waals surface area contributed by atoms with Crippen molar-refractivity contribution in [3.05, 3.63) is 12.7 Å². The summed E-state index contributed by atoms with van der Waals surface area (Å²) in [6, 6.07) is -0.453. The second-order valence-corrected chi connectivity index (χ2v) is 5.28. The fourth-order valence-electron chi connectivity index (χ4n) is 2.73. The van der Waals surface area contributed by atoms with Crippen LogP contribution in [0.5, 0.6) is 0 Å². The molecule has 4 amide bonds. The normalized spacial score (nSPS) is 20.5. The number of carbonyl (C=O) groups is 3. The number of hydrogen-bond acceptors (Lipinski definition) is 5. The molecule has 0 saturated carbocycles. The predicted octanol–water partition coefficient (Wildman–Crippen LogP) is -1.13. The summed E-state index contributed by atoms with van der Waals surface area (Å²) in [6.07, 6.45) is 4.22.